The molecule has 2 aromatic rings. The normalized spacial score (nSPS) is 12.7. The molecule has 114 valence electrons. The number of aromatic nitrogens is 4. The van der Waals surface area contributed by atoms with Crippen LogP contribution in [0.4, 0.5) is 19.0 Å². The third-order valence-corrected chi connectivity index (χ3v) is 2.96. The number of nitrogens with zero attached hydrogens (tertiary/aromatic N) is 4. The molecule has 0 aromatic carbocycles. The van der Waals surface area contributed by atoms with E-state index in [0.717, 1.165) is 17.1 Å². The van der Waals surface area contributed by atoms with E-state index in [1.54, 1.807) is 6.92 Å². The summed E-state index contributed by atoms with van der Waals surface area (Å²) in [6, 6.07) is 0. The zero-order valence-electron chi connectivity index (χ0n) is 12.2. The highest BCUT2D eigenvalue weighted by Gasteiger charge is 2.32. The van der Waals surface area contributed by atoms with E-state index in [1.165, 1.54) is 0 Å². The molecule has 21 heavy (non-hydrogen) atoms. The standard InChI is InChI=1S/C13H16F3N5/c1-7-9(17)19-11(12(2,3)4)20-10(7)21-6-8(5-18-21)13(14,15)16/h5-6H,1-4H3,(H2,17,19,20). The minimum Gasteiger partial charge on any atom is -0.383 e. The van der Waals surface area contributed by atoms with Crippen LogP contribution in [-0.4, -0.2) is 19.7 Å². The summed E-state index contributed by atoms with van der Waals surface area (Å²) in [6.07, 6.45) is -2.80. The minimum absolute atomic E-state index is 0.231. The van der Waals surface area contributed by atoms with E-state index in [4.69, 9.17) is 5.73 Å². The van der Waals surface area contributed by atoms with Crippen LogP contribution in [0, 0.1) is 6.92 Å². The second-order valence-corrected chi connectivity index (χ2v) is 5.80. The molecule has 0 bridgehead atoms. The quantitative estimate of drug-likeness (QED) is 0.879. The Bertz CT molecular complexity index is 667. The first-order valence-corrected chi connectivity index (χ1v) is 6.27. The van der Waals surface area contributed by atoms with Gasteiger partial charge < -0.3 is 5.73 Å². The first-order chi connectivity index (χ1) is 9.50. The van der Waals surface area contributed by atoms with E-state index in [-0.39, 0.29) is 17.1 Å². The zero-order chi connectivity index (χ0) is 16.0. The number of hydrogen-bond donors (Lipinski definition) is 1. The lowest BCUT2D eigenvalue weighted by atomic mass is 9.95. The van der Waals surface area contributed by atoms with Crippen molar-refractivity contribution in [3.8, 4) is 5.82 Å². The largest absolute Gasteiger partial charge is 0.419 e. The molecule has 5 nitrogen and oxygen atoms in total. The molecule has 2 rings (SSSR count). The molecule has 0 amide bonds. The maximum absolute atomic E-state index is 12.7. The molecule has 0 aliphatic carbocycles. The molecule has 0 fully saturated rings. The summed E-state index contributed by atoms with van der Waals surface area (Å²) < 4.78 is 39.0. The monoisotopic (exact) mass is 299 g/mol. The maximum Gasteiger partial charge on any atom is 0.419 e. The van der Waals surface area contributed by atoms with Crippen molar-refractivity contribution in [2.45, 2.75) is 39.3 Å². The van der Waals surface area contributed by atoms with Crippen molar-refractivity contribution in [1.29, 1.82) is 0 Å². The van der Waals surface area contributed by atoms with Crippen molar-refractivity contribution in [3.05, 3.63) is 29.3 Å². The fraction of sp³-hybridized carbons (Fsp3) is 0.462. The van der Waals surface area contributed by atoms with Crippen LogP contribution in [0.3, 0.4) is 0 Å². The molecule has 2 aromatic heterocycles. The van der Waals surface area contributed by atoms with E-state index in [0.29, 0.717) is 11.4 Å². The van der Waals surface area contributed by atoms with Gasteiger partial charge in [-0.25, -0.2) is 14.6 Å². The Balaban J connectivity index is 2.58. The number of nitrogen functional groups attached to an aromatic ring is 1. The highest BCUT2D eigenvalue weighted by molar-refractivity contribution is 5.48. The Kier molecular flexibility index (Phi) is 3.43. The molecular formula is C13H16F3N5. The summed E-state index contributed by atoms with van der Waals surface area (Å²) in [7, 11) is 0. The topological polar surface area (TPSA) is 69.6 Å². The Morgan fingerprint density at radius 1 is 1.14 bits per heavy atom. The summed E-state index contributed by atoms with van der Waals surface area (Å²) in [6.45, 7) is 7.33. The van der Waals surface area contributed by atoms with Gasteiger partial charge in [0.05, 0.1) is 11.8 Å². The van der Waals surface area contributed by atoms with Crippen LogP contribution in [0.1, 0.15) is 37.7 Å². The molecule has 0 spiro atoms. The van der Waals surface area contributed by atoms with Crippen LogP contribution >= 0.6 is 0 Å². The average molecular weight is 299 g/mol. The zero-order valence-corrected chi connectivity index (χ0v) is 12.2. The van der Waals surface area contributed by atoms with Gasteiger partial charge in [0.25, 0.3) is 0 Å². The van der Waals surface area contributed by atoms with Gasteiger partial charge in [0.15, 0.2) is 5.82 Å². The van der Waals surface area contributed by atoms with Gasteiger partial charge in [0.2, 0.25) is 0 Å². The third kappa shape index (κ3) is 2.98. The lowest BCUT2D eigenvalue weighted by Crippen LogP contribution is -2.20. The molecular weight excluding hydrogens is 283 g/mol. The summed E-state index contributed by atoms with van der Waals surface area (Å²) in [5.41, 5.74) is 5.10. The molecule has 0 saturated carbocycles. The van der Waals surface area contributed by atoms with Crippen LogP contribution in [0.2, 0.25) is 0 Å². The molecule has 8 heteroatoms. The fourth-order valence-corrected chi connectivity index (χ4v) is 1.67. The molecule has 0 radical (unpaired) electrons. The number of halogens is 3. The summed E-state index contributed by atoms with van der Waals surface area (Å²) in [4.78, 5) is 8.50. The minimum atomic E-state index is -4.45. The SMILES string of the molecule is Cc1c(N)nc(C(C)(C)C)nc1-n1cc(C(F)(F)F)cn1. The van der Waals surface area contributed by atoms with E-state index < -0.39 is 11.7 Å². The highest BCUT2D eigenvalue weighted by Crippen LogP contribution is 2.30. The van der Waals surface area contributed by atoms with Crippen molar-refractivity contribution in [2.24, 2.45) is 0 Å². The van der Waals surface area contributed by atoms with Crippen LogP contribution < -0.4 is 5.73 Å². The summed E-state index contributed by atoms with van der Waals surface area (Å²) >= 11 is 0. The van der Waals surface area contributed by atoms with Crippen LogP contribution in [-0.2, 0) is 11.6 Å². The molecule has 2 heterocycles. The number of nitrogens with two attached hydrogens (primary N) is 1. The second kappa shape index (κ2) is 4.71. The predicted octanol–water partition coefficient (Wildman–Crippen LogP) is 2.87. The van der Waals surface area contributed by atoms with Gasteiger partial charge in [-0.05, 0) is 6.92 Å². The van der Waals surface area contributed by atoms with Crippen LogP contribution in [0.25, 0.3) is 5.82 Å². The second-order valence-electron chi connectivity index (χ2n) is 5.80. The summed E-state index contributed by atoms with van der Waals surface area (Å²) in [5.74, 6) is 0.932. The van der Waals surface area contributed by atoms with Crippen molar-refractivity contribution >= 4 is 5.82 Å². The highest BCUT2D eigenvalue weighted by atomic mass is 19.4. The Morgan fingerprint density at radius 3 is 2.24 bits per heavy atom. The number of alkyl halides is 3. The van der Waals surface area contributed by atoms with Gasteiger partial charge in [-0.15, -0.1) is 0 Å². The van der Waals surface area contributed by atoms with Gasteiger partial charge in [0.1, 0.15) is 11.6 Å². The van der Waals surface area contributed by atoms with Gasteiger partial charge in [0, 0.05) is 17.2 Å². The Morgan fingerprint density at radius 2 is 1.76 bits per heavy atom. The summed E-state index contributed by atoms with van der Waals surface area (Å²) in [5, 5.41) is 3.73. The van der Waals surface area contributed by atoms with Gasteiger partial charge in [-0.2, -0.15) is 18.3 Å². The van der Waals surface area contributed by atoms with Gasteiger partial charge in [-0.3, -0.25) is 0 Å². The van der Waals surface area contributed by atoms with Crippen molar-refractivity contribution in [3.63, 3.8) is 0 Å². The van der Waals surface area contributed by atoms with E-state index in [9.17, 15) is 13.2 Å². The van der Waals surface area contributed by atoms with E-state index in [1.807, 2.05) is 20.8 Å². The number of anilines is 1. The fourth-order valence-electron chi connectivity index (χ4n) is 1.67. The van der Waals surface area contributed by atoms with Crippen molar-refractivity contribution in [1.82, 2.24) is 19.7 Å². The molecule has 0 aliphatic rings. The lowest BCUT2D eigenvalue weighted by molar-refractivity contribution is -0.137. The van der Waals surface area contributed by atoms with Crippen molar-refractivity contribution in [2.75, 3.05) is 5.73 Å². The van der Waals surface area contributed by atoms with Crippen LogP contribution in [0.15, 0.2) is 12.4 Å². The predicted molar refractivity (Wildman–Crippen MR) is 72.0 cm³/mol. The first kappa shape index (κ1) is 15.3. The average Bonchev–Trinajstić information content (AvgIpc) is 2.80. The van der Waals surface area contributed by atoms with Gasteiger partial charge in [-0.1, -0.05) is 20.8 Å². The third-order valence-electron chi connectivity index (χ3n) is 2.96. The Hall–Kier alpha value is -2.12. The van der Waals surface area contributed by atoms with E-state index >= 15 is 0 Å². The maximum atomic E-state index is 12.7. The van der Waals surface area contributed by atoms with Gasteiger partial charge >= 0.3 is 6.18 Å². The lowest BCUT2D eigenvalue weighted by Gasteiger charge is -2.19. The number of hydrogen-bond acceptors (Lipinski definition) is 4. The smallest absolute Gasteiger partial charge is 0.383 e. The van der Waals surface area contributed by atoms with Crippen molar-refractivity contribution < 1.29 is 13.2 Å². The first-order valence-electron chi connectivity index (χ1n) is 6.27. The molecule has 0 unspecified atom stereocenters. The Labute approximate surface area is 120 Å². The molecule has 0 atom stereocenters. The molecule has 2 N–H and O–H groups in total. The number of rotatable bonds is 1. The molecule has 0 aliphatic heterocycles. The molecule has 0 saturated heterocycles. The van der Waals surface area contributed by atoms with E-state index in [2.05, 4.69) is 15.1 Å². The van der Waals surface area contributed by atoms with Crippen LogP contribution in [0.5, 0.6) is 0 Å².